The summed E-state index contributed by atoms with van der Waals surface area (Å²) >= 11 is 1.43. The zero-order valence-electron chi connectivity index (χ0n) is 21.3. The fraction of sp³-hybridized carbons (Fsp3) is 0.333. The van der Waals surface area contributed by atoms with Crippen molar-refractivity contribution < 1.29 is 13.9 Å². The van der Waals surface area contributed by atoms with Gasteiger partial charge in [0.1, 0.15) is 16.9 Å². The van der Waals surface area contributed by atoms with Gasteiger partial charge in [-0.1, -0.05) is 39.0 Å². The Bertz CT molecular complexity index is 1510. The van der Waals surface area contributed by atoms with Gasteiger partial charge in [-0.05, 0) is 42.2 Å². The summed E-state index contributed by atoms with van der Waals surface area (Å²) in [6.07, 6.45) is 5.71. The summed E-state index contributed by atoms with van der Waals surface area (Å²) in [7, 11) is -2.49. The molecular weight excluding hydrogens is 506 g/mol. The Morgan fingerprint density at radius 1 is 1.19 bits per heavy atom. The molecule has 1 aliphatic rings. The minimum absolute atomic E-state index is 0.0820. The van der Waals surface area contributed by atoms with Gasteiger partial charge in [0.05, 0.1) is 22.7 Å². The predicted molar refractivity (Wildman–Crippen MR) is 151 cm³/mol. The van der Waals surface area contributed by atoms with Gasteiger partial charge in [-0.3, -0.25) is 13.9 Å². The molecule has 0 unspecified atom stereocenters. The summed E-state index contributed by atoms with van der Waals surface area (Å²) in [5.41, 5.74) is 6.53. The molecule has 0 spiro atoms. The van der Waals surface area contributed by atoms with Crippen molar-refractivity contribution in [3.8, 4) is 11.3 Å². The number of aryl methyl sites for hydroxylation is 1. The Balaban J connectivity index is 1.34. The molecule has 0 atom stereocenters. The van der Waals surface area contributed by atoms with Gasteiger partial charge in [0.2, 0.25) is 0 Å². The number of carbonyl (C=O) groups excluding carboxylic acids is 1. The van der Waals surface area contributed by atoms with Crippen LogP contribution in [0.5, 0.6) is 0 Å². The number of aromatic amines is 1. The van der Waals surface area contributed by atoms with Gasteiger partial charge in [0.15, 0.2) is 0 Å². The van der Waals surface area contributed by atoms with E-state index in [9.17, 15) is 13.9 Å². The maximum atomic E-state index is 12.7. The molecule has 0 radical (unpaired) electrons. The highest BCUT2D eigenvalue weighted by atomic mass is 32.3. The summed E-state index contributed by atoms with van der Waals surface area (Å²) in [4.78, 5) is 30.0. The van der Waals surface area contributed by atoms with Crippen LogP contribution >= 0.6 is 21.9 Å². The third kappa shape index (κ3) is 5.47. The van der Waals surface area contributed by atoms with Crippen LogP contribution in [-0.2, 0) is 12.0 Å². The second-order valence-corrected chi connectivity index (χ2v) is 13.8. The van der Waals surface area contributed by atoms with Crippen molar-refractivity contribution >= 4 is 44.4 Å². The van der Waals surface area contributed by atoms with Crippen molar-refractivity contribution in [3.05, 3.63) is 69.6 Å². The van der Waals surface area contributed by atoms with E-state index >= 15 is 0 Å². The largest absolute Gasteiger partial charge is 0.347 e. The van der Waals surface area contributed by atoms with Crippen molar-refractivity contribution in [1.29, 1.82) is 0 Å². The van der Waals surface area contributed by atoms with E-state index in [1.807, 2.05) is 31.2 Å². The third-order valence-electron chi connectivity index (χ3n) is 6.49. The lowest BCUT2D eigenvalue weighted by atomic mass is 9.98. The lowest BCUT2D eigenvalue weighted by molar-refractivity contribution is 0.0954. The topological polar surface area (TPSA) is 124 Å². The molecule has 0 fully saturated rings. The first-order chi connectivity index (χ1) is 17.5. The molecule has 1 aliphatic heterocycles. The molecule has 4 heterocycles. The SMILES string of the molecule is Cc1cc(-c2ncnc3[nH]c(C4=CCS(O)(O)CC4)cc23)ccc1CNC(=O)c1cnc(C(C)(C)C)s1. The zero-order valence-corrected chi connectivity index (χ0v) is 23.0. The highest BCUT2D eigenvalue weighted by Crippen LogP contribution is 2.45. The van der Waals surface area contributed by atoms with Crippen molar-refractivity contribution in [1.82, 2.24) is 25.3 Å². The van der Waals surface area contributed by atoms with Gasteiger partial charge in [-0.15, -0.1) is 11.3 Å². The fourth-order valence-corrected chi connectivity index (χ4v) is 6.38. The molecule has 3 aromatic heterocycles. The van der Waals surface area contributed by atoms with Crippen molar-refractivity contribution in [2.75, 3.05) is 11.5 Å². The van der Waals surface area contributed by atoms with Crippen LogP contribution in [-0.4, -0.2) is 46.5 Å². The number of allylic oxidation sites excluding steroid dienone is 1. The van der Waals surface area contributed by atoms with Crippen molar-refractivity contribution in [3.63, 3.8) is 0 Å². The maximum absolute atomic E-state index is 12.7. The molecule has 8 nitrogen and oxygen atoms in total. The number of amides is 1. The number of benzene rings is 1. The van der Waals surface area contributed by atoms with Crippen molar-refractivity contribution in [2.45, 2.75) is 46.1 Å². The average Bonchev–Trinajstić information content (AvgIpc) is 3.51. The van der Waals surface area contributed by atoms with E-state index in [1.54, 1.807) is 12.5 Å². The number of aromatic nitrogens is 4. The summed E-state index contributed by atoms with van der Waals surface area (Å²) in [6.45, 7) is 8.71. The highest BCUT2D eigenvalue weighted by molar-refractivity contribution is 8.24. The van der Waals surface area contributed by atoms with E-state index in [1.165, 1.54) is 11.3 Å². The van der Waals surface area contributed by atoms with Gasteiger partial charge in [-0.2, -0.15) is 10.6 Å². The number of nitrogens with one attached hydrogen (secondary N) is 2. The molecule has 1 amide bonds. The first-order valence-electron chi connectivity index (χ1n) is 12.1. The number of hydrogen-bond donors (Lipinski definition) is 4. The number of hydrogen-bond acceptors (Lipinski definition) is 7. The minimum atomic E-state index is -2.49. The molecule has 0 bridgehead atoms. The monoisotopic (exact) mass is 537 g/mol. The zero-order chi connectivity index (χ0) is 26.4. The standard InChI is InChI=1S/C27H31N5O3S2/c1-16-11-18(5-6-19(16)13-28-25(33)22-14-29-26(36-22)27(2,3)4)23-20-12-21(32-24(20)31-15-30-23)17-7-9-37(34,35)10-8-17/h5-7,11-12,14-15,34-35H,8-10,13H2,1-4H3,(H,28,33)(H,30,31,32). The summed E-state index contributed by atoms with van der Waals surface area (Å²) in [5.74, 6) is 0.547. The molecule has 1 aromatic carbocycles. The molecule has 10 heteroatoms. The van der Waals surface area contributed by atoms with Gasteiger partial charge in [0, 0.05) is 34.4 Å². The molecule has 0 aliphatic carbocycles. The molecule has 0 saturated heterocycles. The quantitative estimate of drug-likeness (QED) is 0.242. The number of thiazole rings is 1. The van der Waals surface area contributed by atoms with Crippen LogP contribution in [0.25, 0.3) is 27.9 Å². The van der Waals surface area contributed by atoms with E-state index in [0.717, 1.165) is 49.7 Å². The second-order valence-electron chi connectivity index (χ2n) is 10.4. The van der Waals surface area contributed by atoms with Gasteiger partial charge in [0.25, 0.3) is 5.91 Å². The Morgan fingerprint density at radius 2 is 2.00 bits per heavy atom. The highest BCUT2D eigenvalue weighted by Gasteiger charge is 2.22. The van der Waals surface area contributed by atoms with Crippen LogP contribution in [0.2, 0.25) is 0 Å². The van der Waals surface area contributed by atoms with Crippen LogP contribution in [0, 0.1) is 6.92 Å². The molecule has 37 heavy (non-hydrogen) atoms. The summed E-state index contributed by atoms with van der Waals surface area (Å²) in [5, 5.41) is 4.87. The molecule has 4 aromatic rings. The Labute approximate surface area is 221 Å². The average molecular weight is 538 g/mol. The van der Waals surface area contributed by atoms with E-state index in [0.29, 0.717) is 23.6 Å². The Hall–Kier alpha value is -3.05. The van der Waals surface area contributed by atoms with Crippen LogP contribution in [0.3, 0.4) is 0 Å². The fourth-order valence-electron chi connectivity index (χ4n) is 4.31. The first kappa shape index (κ1) is 25.6. The summed E-state index contributed by atoms with van der Waals surface area (Å²) < 4.78 is 19.8. The predicted octanol–water partition coefficient (Wildman–Crippen LogP) is 6.16. The van der Waals surface area contributed by atoms with Crippen LogP contribution < -0.4 is 5.32 Å². The Kier molecular flexibility index (Phi) is 6.70. The second kappa shape index (κ2) is 9.68. The van der Waals surface area contributed by atoms with E-state index in [-0.39, 0.29) is 17.1 Å². The van der Waals surface area contributed by atoms with Crippen LogP contribution in [0.15, 0.2) is 42.9 Å². The molecule has 4 N–H and O–H groups in total. The van der Waals surface area contributed by atoms with Gasteiger partial charge in [-0.25, -0.2) is 15.0 Å². The first-order valence-corrected chi connectivity index (χ1v) is 14.8. The van der Waals surface area contributed by atoms with E-state index in [4.69, 9.17) is 0 Å². The Morgan fingerprint density at radius 3 is 2.68 bits per heavy atom. The lowest BCUT2D eigenvalue weighted by Crippen LogP contribution is -2.22. The number of carbonyl (C=O) groups is 1. The lowest BCUT2D eigenvalue weighted by Gasteiger charge is -2.34. The third-order valence-corrected chi connectivity index (χ3v) is 9.47. The maximum Gasteiger partial charge on any atom is 0.263 e. The molecular formula is C27H31N5O3S2. The molecule has 5 rings (SSSR count). The number of H-pyrrole nitrogens is 1. The number of rotatable bonds is 5. The molecule has 194 valence electrons. The number of nitrogens with zero attached hydrogens (tertiary/aromatic N) is 3. The number of fused-ring (bicyclic) bond motifs is 1. The smallest absolute Gasteiger partial charge is 0.263 e. The van der Waals surface area contributed by atoms with Crippen LogP contribution in [0.1, 0.15) is 58.7 Å². The van der Waals surface area contributed by atoms with E-state index < -0.39 is 10.6 Å². The summed E-state index contributed by atoms with van der Waals surface area (Å²) in [6, 6.07) is 8.16. The normalized spacial score (nSPS) is 16.4. The van der Waals surface area contributed by atoms with E-state index in [2.05, 4.69) is 52.1 Å². The minimum Gasteiger partial charge on any atom is -0.347 e. The van der Waals surface area contributed by atoms with Gasteiger partial charge >= 0.3 is 0 Å². The van der Waals surface area contributed by atoms with Crippen LogP contribution in [0.4, 0.5) is 0 Å². The molecule has 0 saturated carbocycles. The van der Waals surface area contributed by atoms with Crippen molar-refractivity contribution in [2.24, 2.45) is 0 Å². The van der Waals surface area contributed by atoms with Gasteiger partial charge < -0.3 is 10.3 Å².